The molecular weight excluding hydrogens is 389 g/mol. The molecule has 0 aliphatic carbocycles. The Bertz CT molecular complexity index is 898. The second-order valence-corrected chi connectivity index (χ2v) is 6.83. The first-order valence-corrected chi connectivity index (χ1v) is 8.89. The molecule has 6 nitrogen and oxygen atoms in total. The maximum atomic E-state index is 12.0. The molecule has 0 unspecified atom stereocenters. The van der Waals surface area contributed by atoms with Gasteiger partial charge in [-0.3, -0.25) is 9.59 Å². The van der Waals surface area contributed by atoms with Gasteiger partial charge in [0.15, 0.2) is 0 Å². The first kappa shape index (κ1) is 20.7. The summed E-state index contributed by atoms with van der Waals surface area (Å²) in [7, 11) is 0. The molecule has 0 saturated heterocycles. The molecule has 0 saturated carbocycles. The Labute approximate surface area is 167 Å². The first-order chi connectivity index (χ1) is 12.8. The van der Waals surface area contributed by atoms with Crippen LogP contribution in [-0.2, 0) is 9.59 Å². The van der Waals surface area contributed by atoms with Gasteiger partial charge in [0.05, 0.1) is 11.2 Å². The zero-order valence-electron chi connectivity index (χ0n) is 14.8. The third-order valence-electron chi connectivity index (χ3n) is 3.70. The standard InChI is InChI=1S/C19H19Cl2N3O3/c1-11-3-4-12(2)16(7-11)23-17(25)5-6-18(26)24-22-10-13-8-14(20)9-15(21)19(13)27/h3-4,7-10,27H,5-6H2,1-2H3,(H,23,25)(H,24,26)/b22-10+. The number of hydrazone groups is 1. The lowest BCUT2D eigenvalue weighted by Gasteiger charge is -2.09. The summed E-state index contributed by atoms with van der Waals surface area (Å²) < 4.78 is 0. The van der Waals surface area contributed by atoms with E-state index in [-0.39, 0.29) is 35.1 Å². The molecule has 2 rings (SSSR count). The van der Waals surface area contributed by atoms with Gasteiger partial charge in [0, 0.05) is 29.1 Å². The van der Waals surface area contributed by atoms with Gasteiger partial charge in [0.25, 0.3) is 0 Å². The van der Waals surface area contributed by atoms with Crippen molar-refractivity contribution in [3.05, 3.63) is 57.1 Å². The minimum atomic E-state index is -0.435. The molecule has 3 N–H and O–H groups in total. The van der Waals surface area contributed by atoms with Crippen LogP contribution in [0.1, 0.15) is 29.5 Å². The molecule has 142 valence electrons. The Morgan fingerprint density at radius 2 is 1.81 bits per heavy atom. The number of phenols is 1. The number of aryl methyl sites for hydroxylation is 2. The van der Waals surface area contributed by atoms with Crippen LogP contribution in [0.15, 0.2) is 35.4 Å². The van der Waals surface area contributed by atoms with Crippen molar-refractivity contribution in [2.24, 2.45) is 5.10 Å². The van der Waals surface area contributed by atoms with Crippen LogP contribution < -0.4 is 10.7 Å². The van der Waals surface area contributed by atoms with Crippen LogP contribution in [0.3, 0.4) is 0 Å². The van der Waals surface area contributed by atoms with E-state index < -0.39 is 5.91 Å². The van der Waals surface area contributed by atoms with Crippen molar-refractivity contribution in [2.75, 3.05) is 5.32 Å². The lowest BCUT2D eigenvalue weighted by atomic mass is 10.1. The van der Waals surface area contributed by atoms with Crippen molar-refractivity contribution in [1.29, 1.82) is 0 Å². The van der Waals surface area contributed by atoms with Crippen LogP contribution in [0.5, 0.6) is 5.75 Å². The molecule has 0 aromatic heterocycles. The van der Waals surface area contributed by atoms with Crippen LogP contribution in [0.4, 0.5) is 5.69 Å². The molecule has 2 amide bonds. The fraction of sp³-hybridized carbons (Fsp3) is 0.211. The van der Waals surface area contributed by atoms with Gasteiger partial charge in [0.1, 0.15) is 5.75 Å². The average molecular weight is 408 g/mol. The number of amides is 2. The highest BCUT2D eigenvalue weighted by molar-refractivity contribution is 6.36. The van der Waals surface area contributed by atoms with Gasteiger partial charge >= 0.3 is 0 Å². The molecular formula is C19H19Cl2N3O3. The molecule has 0 radical (unpaired) electrons. The van der Waals surface area contributed by atoms with E-state index in [4.69, 9.17) is 23.2 Å². The number of rotatable bonds is 6. The highest BCUT2D eigenvalue weighted by atomic mass is 35.5. The van der Waals surface area contributed by atoms with E-state index in [9.17, 15) is 14.7 Å². The third kappa shape index (κ3) is 6.27. The predicted molar refractivity (Wildman–Crippen MR) is 108 cm³/mol. The summed E-state index contributed by atoms with van der Waals surface area (Å²) in [6.45, 7) is 3.83. The number of carbonyl (C=O) groups excluding carboxylic acids is 2. The van der Waals surface area contributed by atoms with Gasteiger partial charge in [-0.25, -0.2) is 5.43 Å². The lowest BCUT2D eigenvalue weighted by Crippen LogP contribution is -2.21. The Morgan fingerprint density at radius 3 is 2.56 bits per heavy atom. The smallest absolute Gasteiger partial charge is 0.240 e. The molecule has 0 atom stereocenters. The molecule has 0 bridgehead atoms. The quantitative estimate of drug-likeness (QED) is 0.495. The normalized spacial score (nSPS) is 10.8. The molecule has 0 fully saturated rings. The third-order valence-corrected chi connectivity index (χ3v) is 4.20. The number of phenolic OH excluding ortho intramolecular Hbond substituents is 1. The summed E-state index contributed by atoms with van der Waals surface area (Å²) in [4.78, 5) is 23.8. The molecule has 0 heterocycles. The van der Waals surface area contributed by atoms with E-state index in [2.05, 4.69) is 15.8 Å². The number of hydrogen-bond acceptors (Lipinski definition) is 4. The summed E-state index contributed by atoms with van der Waals surface area (Å²) in [5, 5.41) is 16.7. The van der Waals surface area contributed by atoms with Gasteiger partial charge in [-0.05, 0) is 43.2 Å². The number of benzene rings is 2. The van der Waals surface area contributed by atoms with Gasteiger partial charge in [0.2, 0.25) is 11.8 Å². The Kier molecular flexibility index (Phi) is 7.21. The van der Waals surface area contributed by atoms with Crippen LogP contribution in [0, 0.1) is 13.8 Å². The van der Waals surface area contributed by atoms with E-state index in [1.807, 2.05) is 32.0 Å². The van der Waals surface area contributed by atoms with Crippen LogP contribution >= 0.6 is 23.2 Å². The van der Waals surface area contributed by atoms with E-state index in [0.29, 0.717) is 5.02 Å². The lowest BCUT2D eigenvalue weighted by molar-refractivity contribution is -0.124. The summed E-state index contributed by atoms with van der Waals surface area (Å²) in [6, 6.07) is 8.60. The van der Waals surface area contributed by atoms with Crippen molar-refractivity contribution >= 4 is 46.9 Å². The maximum absolute atomic E-state index is 12.0. The van der Waals surface area contributed by atoms with Crippen molar-refractivity contribution in [3.63, 3.8) is 0 Å². The van der Waals surface area contributed by atoms with Crippen molar-refractivity contribution in [3.8, 4) is 5.75 Å². The summed E-state index contributed by atoms with van der Waals surface area (Å²) >= 11 is 11.7. The summed E-state index contributed by atoms with van der Waals surface area (Å²) in [6.07, 6.45) is 1.21. The van der Waals surface area contributed by atoms with E-state index in [0.717, 1.165) is 16.8 Å². The summed E-state index contributed by atoms with van der Waals surface area (Å²) in [5.41, 5.74) is 5.26. The maximum Gasteiger partial charge on any atom is 0.240 e. The Morgan fingerprint density at radius 1 is 1.11 bits per heavy atom. The minimum absolute atomic E-state index is 0.0168. The highest BCUT2D eigenvalue weighted by Gasteiger charge is 2.09. The van der Waals surface area contributed by atoms with E-state index in [1.165, 1.54) is 18.3 Å². The fourth-order valence-corrected chi connectivity index (χ4v) is 2.73. The number of carbonyl (C=O) groups is 2. The molecule has 2 aromatic carbocycles. The number of aromatic hydroxyl groups is 1. The summed E-state index contributed by atoms with van der Waals surface area (Å²) in [5.74, 6) is -0.885. The second-order valence-electron chi connectivity index (χ2n) is 5.99. The molecule has 2 aromatic rings. The Balaban J connectivity index is 1.84. The second kappa shape index (κ2) is 9.39. The zero-order chi connectivity index (χ0) is 20.0. The monoisotopic (exact) mass is 407 g/mol. The van der Waals surface area contributed by atoms with Gasteiger partial charge in [-0.15, -0.1) is 0 Å². The van der Waals surface area contributed by atoms with Crippen molar-refractivity contribution in [1.82, 2.24) is 5.43 Å². The first-order valence-electron chi connectivity index (χ1n) is 8.13. The van der Waals surface area contributed by atoms with Gasteiger partial charge in [-0.2, -0.15) is 5.10 Å². The molecule has 0 aliphatic heterocycles. The number of halogens is 2. The van der Waals surface area contributed by atoms with Crippen LogP contribution in [0.25, 0.3) is 0 Å². The fourth-order valence-electron chi connectivity index (χ4n) is 2.22. The molecule has 27 heavy (non-hydrogen) atoms. The largest absolute Gasteiger partial charge is 0.506 e. The van der Waals surface area contributed by atoms with E-state index in [1.54, 1.807) is 0 Å². The SMILES string of the molecule is Cc1ccc(C)c(NC(=O)CCC(=O)N/N=C/c2cc(Cl)cc(Cl)c2O)c1. The zero-order valence-corrected chi connectivity index (χ0v) is 16.4. The molecule has 0 aliphatic rings. The van der Waals surface area contributed by atoms with Crippen LogP contribution in [-0.4, -0.2) is 23.1 Å². The van der Waals surface area contributed by atoms with E-state index >= 15 is 0 Å². The number of anilines is 1. The minimum Gasteiger partial charge on any atom is -0.506 e. The van der Waals surface area contributed by atoms with Crippen LogP contribution in [0.2, 0.25) is 10.0 Å². The number of nitrogens with one attached hydrogen (secondary N) is 2. The van der Waals surface area contributed by atoms with Gasteiger partial charge in [-0.1, -0.05) is 35.3 Å². The topological polar surface area (TPSA) is 90.8 Å². The highest BCUT2D eigenvalue weighted by Crippen LogP contribution is 2.29. The molecule has 0 spiro atoms. The van der Waals surface area contributed by atoms with Gasteiger partial charge < -0.3 is 10.4 Å². The Hall–Kier alpha value is -2.57. The predicted octanol–water partition coefficient (Wildman–Crippen LogP) is 4.18. The number of hydrogen-bond donors (Lipinski definition) is 3. The number of nitrogens with zero attached hydrogens (tertiary/aromatic N) is 1. The van der Waals surface area contributed by atoms with Crippen molar-refractivity contribution < 1.29 is 14.7 Å². The average Bonchev–Trinajstić information content (AvgIpc) is 2.60. The molecule has 8 heteroatoms. The van der Waals surface area contributed by atoms with Crippen molar-refractivity contribution in [2.45, 2.75) is 26.7 Å².